The van der Waals surface area contributed by atoms with Crippen molar-refractivity contribution in [3.63, 3.8) is 0 Å². The monoisotopic (exact) mass is 154 g/mol. The SMILES string of the molecule is CC(O)=C1CCC(C)(C)CC1. The van der Waals surface area contributed by atoms with Gasteiger partial charge in [0.15, 0.2) is 0 Å². The lowest BCUT2D eigenvalue weighted by molar-refractivity contribution is 0.268. The van der Waals surface area contributed by atoms with Gasteiger partial charge in [0.1, 0.15) is 0 Å². The summed E-state index contributed by atoms with van der Waals surface area (Å²) in [7, 11) is 0. The minimum Gasteiger partial charge on any atom is -0.513 e. The molecule has 0 aromatic heterocycles. The van der Waals surface area contributed by atoms with E-state index in [4.69, 9.17) is 0 Å². The molecule has 0 saturated heterocycles. The van der Waals surface area contributed by atoms with Crippen LogP contribution in [0.2, 0.25) is 0 Å². The number of hydrogen-bond donors (Lipinski definition) is 1. The Balaban J connectivity index is 2.56. The van der Waals surface area contributed by atoms with Crippen molar-refractivity contribution in [3.05, 3.63) is 11.3 Å². The first-order valence-electron chi connectivity index (χ1n) is 4.39. The second-order valence-electron chi connectivity index (χ2n) is 4.35. The molecular weight excluding hydrogens is 136 g/mol. The van der Waals surface area contributed by atoms with Gasteiger partial charge in [0.05, 0.1) is 5.76 Å². The number of rotatable bonds is 0. The van der Waals surface area contributed by atoms with Crippen molar-refractivity contribution < 1.29 is 5.11 Å². The molecule has 1 saturated carbocycles. The van der Waals surface area contributed by atoms with Crippen LogP contribution in [0.3, 0.4) is 0 Å². The third-order valence-corrected chi connectivity index (χ3v) is 2.72. The van der Waals surface area contributed by atoms with Crippen molar-refractivity contribution in [2.75, 3.05) is 0 Å². The van der Waals surface area contributed by atoms with Crippen LogP contribution >= 0.6 is 0 Å². The summed E-state index contributed by atoms with van der Waals surface area (Å²) in [6.07, 6.45) is 4.63. The van der Waals surface area contributed by atoms with Crippen LogP contribution in [0.5, 0.6) is 0 Å². The molecule has 1 fully saturated rings. The summed E-state index contributed by atoms with van der Waals surface area (Å²) in [4.78, 5) is 0. The summed E-state index contributed by atoms with van der Waals surface area (Å²) < 4.78 is 0. The quantitative estimate of drug-likeness (QED) is 0.530. The van der Waals surface area contributed by atoms with E-state index in [-0.39, 0.29) is 0 Å². The van der Waals surface area contributed by atoms with Crippen LogP contribution in [0.25, 0.3) is 0 Å². The Bertz CT molecular complexity index is 161. The molecule has 1 rings (SSSR count). The number of aliphatic hydroxyl groups is 1. The van der Waals surface area contributed by atoms with Gasteiger partial charge < -0.3 is 5.11 Å². The highest BCUT2D eigenvalue weighted by atomic mass is 16.3. The van der Waals surface area contributed by atoms with Gasteiger partial charge in [-0.1, -0.05) is 13.8 Å². The fourth-order valence-corrected chi connectivity index (χ4v) is 1.59. The molecule has 0 radical (unpaired) electrons. The maximum absolute atomic E-state index is 9.23. The van der Waals surface area contributed by atoms with E-state index in [0.29, 0.717) is 11.2 Å². The van der Waals surface area contributed by atoms with Crippen LogP contribution < -0.4 is 0 Å². The van der Waals surface area contributed by atoms with E-state index in [9.17, 15) is 5.11 Å². The number of allylic oxidation sites excluding steroid dienone is 2. The average Bonchev–Trinajstić information content (AvgIpc) is 1.86. The molecule has 64 valence electrons. The second-order valence-corrected chi connectivity index (χ2v) is 4.35. The predicted molar refractivity (Wildman–Crippen MR) is 47.6 cm³/mol. The van der Waals surface area contributed by atoms with Crippen molar-refractivity contribution in [1.82, 2.24) is 0 Å². The highest BCUT2D eigenvalue weighted by Gasteiger charge is 2.24. The maximum atomic E-state index is 9.23. The van der Waals surface area contributed by atoms with Crippen molar-refractivity contribution in [2.24, 2.45) is 5.41 Å². The van der Waals surface area contributed by atoms with Gasteiger partial charge in [-0.2, -0.15) is 0 Å². The summed E-state index contributed by atoms with van der Waals surface area (Å²) in [5, 5.41) is 9.23. The normalized spacial score (nSPS) is 23.4. The highest BCUT2D eigenvalue weighted by molar-refractivity contribution is 5.09. The lowest BCUT2D eigenvalue weighted by Crippen LogP contribution is -2.17. The van der Waals surface area contributed by atoms with Crippen molar-refractivity contribution in [3.8, 4) is 0 Å². The molecule has 0 bridgehead atoms. The fourth-order valence-electron chi connectivity index (χ4n) is 1.59. The highest BCUT2D eigenvalue weighted by Crippen LogP contribution is 2.38. The van der Waals surface area contributed by atoms with Gasteiger partial charge in [-0.05, 0) is 43.6 Å². The van der Waals surface area contributed by atoms with Gasteiger partial charge in [0.25, 0.3) is 0 Å². The summed E-state index contributed by atoms with van der Waals surface area (Å²) >= 11 is 0. The Morgan fingerprint density at radius 1 is 1.27 bits per heavy atom. The Morgan fingerprint density at radius 2 is 1.73 bits per heavy atom. The average molecular weight is 154 g/mol. The third-order valence-electron chi connectivity index (χ3n) is 2.72. The first-order chi connectivity index (χ1) is 5.01. The molecule has 1 N–H and O–H groups in total. The van der Waals surface area contributed by atoms with Crippen LogP contribution in [0, 0.1) is 5.41 Å². The number of aliphatic hydroxyl groups excluding tert-OH is 1. The Hall–Kier alpha value is -0.460. The zero-order chi connectivity index (χ0) is 8.48. The van der Waals surface area contributed by atoms with E-state index in [1.54, 1.807) is 6.92 Å². The molecule has 0 unspecified atom stereocenters. The largest absolute Gasteiger partial charge is 0.513 e. The molecule has 1 aliphatic rings. The first kappa shape index (κ1) is 8.63. The topological polar surface area (TPSA) is 20.2 Å². The van der Waals surface area contributed by atoms with Gasteiger partial charge in [-0.25, -0.2) is 0 Å². The summed E-state index contributed by atoms with van der Waals surface area (Å²) in [5.41, 5.74) is 1.77. The van der Waals surface area contributed by atoms with Crippen molar-refractivity contribution in [2.45, 2.75) is 46.5 Å². The summed E-state index contributed by atoms with van der Waals surface area (Å²) in [6, 6.07) is 0. The lowest BCUT2D eigenvalue weighted by atomic mass is 9.75. The smallest absolute Gasteiger partial charge is 0.0883 e. The van der Waals surface area contributed by atoms with E-state index in [1.807, 2.05) is 0 Å². The van der Waals surface area contributed by atoms with Crippen molar-refractivity contribution >= 4 is 0 Å². The minimum atomic E-state index is 0.499. The van der Waals surface area contributed by atoms with E-state index >= 15 is 0 Å². The Labute approximate surface area is 69.1 Å². The maximum Gasteiger partial charge on any atom is 0.0883 e. The van der Waals surface area contributed by atoms with Crippen LogP contribution in [0.1, 0.15) is 46.5 Å². The van der Waals surface area contributed by atoms with E-state index in [1.165, 1.54) is 18.4 Å². The molecule has 1 heteroatoms. The van der Waals surface area contributed by atoms with E-state index in [0.717, 1.165) is 12.8 Å². The predicted octanol–water partition coefficient (Wildman–Crippen LogP) is 3.42. The third kappa shape index (κ3) is 2.25. The van der Waals surface area contributed by atoms with Gasteiger partial charge in [-0.15, -0.1) is 0 Å². The standard InChI is InChI=1S/C10H18O/c1-8(11)9-4-6-10(2,3)7-5-9/h11H,4-7H2,1-3H3. The van der Waals surface area contributed by atoms with E-state index < -0.39 is 0 Å². The fraction of sp³-hybridized carbons (Fsp3) is 0.800. The molecular formula is C10H18O. The molecule has 11 heavy (non-hydrogen) atoms. The molecule has 0 spiro atoms. The molecule has 0 aromatic carbocycles. The molecule has 0 aromatic rings. The molecule has 1 nitrogen and oxygen atoms in total. The lowest BCUT2D eigenvalue weighted by Gasteiger charge is -2.30. The van der Waals surface area contributed by atoms with Gasteiger partial charge >= 0.3 is 0 Å². The van der Waals surface area contributed by atoms with Crippen LogP contribution in [-0.4, -0.2) is 5.11 Å². The van der Waals surface area contributed by atoms with Crippen LogP contribution in [0.4, 0.5) is 0 Å². The first-order valence-corrected chi connectivity index (χ1v) is 4.39. The Morgan fingerprint density at radius 3 is 2.09 bits per heavy atom. The van der Waals surface area contributed by atoms with Crippen LogP contribution in [0.15, 0.2) is 11.3 Å². The molecule has 0 amide bonds. The second kappa shape index (κ2) is 2.88. The number of hydrogen-bond acceptors (Lipinski definition) is 1. The zero-order valence-corrected chi connectivity index (χ0v) is 7.78. The van der Waals surface area contributed by atoms with Gasteiger partial charge in [0, 0.05) is 0 Å². The van der Waals surface area contributed by atoms with Gasteiger partial charge in [0.2, 0.25) is 0 Å². The van der Waals surface area contributed by atoms with Crippen LogP contribution in [-0.2, 0) is 0 Å². The molecule has 0 atom stereocenters. The summed E-state index contributed by atoms with van der Waals surface area (Å²) in [6.45, 7) is 6.40. The zero-order valence-electron chi connectivity index (χ0n) is 7.78. The molecule has 0 heterocycles. The van der Waals surface area contributed by atoms with E-state index in [2.05, 4.69) is 13.8 Å². The molecule has 1 aliphatic carbocycles. The minimum absolute atomic E-state index is 0.499. The Kier molecular flexibility index (Phi) is 2.26. The van der Waals surface area contributed by atoms with Crippen molar-refractivity contribution in [1.29, 1.82) is 0 Å². The van der Waals surface area contributed by atoms with Gasteiger partial charge in [-0.3, -0.25) is 0 Å². The summed E-state index contributed by atoms with van der Waals surface area (Å²) in [5.74, 6) is 0.556. The molecule has 0 aliphatic heterocycles.